The van der Waals surface area contributed by atoms with Crippen LogP contribution in [0.3, 0.4) is 0 Å². The second-order valence-electron chi connectivity index (χ2n) is 5.70. The van der Waals surface area contributed by atoms with Crippen LogP contribution in [0.1, 0.15) is 38.2 Å². The average Bonchev–Trinajstić information content (AvgIpc) is 2.54. The number of ether oxygens (including phenoxy) is 1. The summed E-state index contributed by atoms with van der Waals surface area (Å²) in [5.74, 6) is -0.0344. The fourth-order valence-electron chi connectivity index (χ4n) is 2.74. The van der Waals surface area contributed by atoms with E-state index in [1.54, 1.807) is 7.11 Å². The van der Waals surface area contributed by atoms with Crippen molar-refractivity contribution in [2.75, 3.05) is 25.5 Å². The summed E-state index contributed by atoms with van der Waals surface area (Å²) in [5, 5.41) is 6.25. The van der Waals surface area contributed by atoms with Gasteiger partial charge in [0.1, 0.15) is 5.60 Å². The summed E-state index contributed by atoms with van der Waals surface area (Å²) in [6, 6.07) is 8.14. The summed E-state index contributed by atoms with van der Waals surface area (Å²) in [7, 11) is 1.62. The third-order valence-corrected chi connectivity index (χ3v) is 4.25. The maximum atomic E-state index is 12.5. The SMILES string of the molecule is CCCCc1ccc(NC(=O)C2(OC)CCNCC2)cc1. The van der Waals surface area contributed by atoms with Crippen molar-refractivity contribution in [1.29, 1.82) is 0 Å². The van der Waals surface area contributed by atoms with Gasteiger partial charge in [-0.15, -0.1) is 0 Å². The first kappa shape index (κ1) is 16.0. The van der Waals surface area contributed by atoms with Crippen LogP contribution in [0.25, 0.3) is 0 Å². The molecule has 4 nitrogen and oxygen atoms in total. The molecule has 0 bridgehead atoms. The molecular formula is C17H26N2O2. The van der Waals surface area contributed by atoms with Crippen molar-refractivity contribution < 1.29 is 9.53 Å². The molecule has 4 heteroatoms. The van der Waals surface area contributed by atoms with Crippen LogP contribution < -0.4 is 10.6 Å². The Hall–Kier alpha value is -1.39. The predicted octanol–water partition coefficient (Wildman–Crippen LogP) is 2.74. The molecule has 1 aliphatic rings. The molecule has 1 aromatic carbocycles. The lowest BCUT2D eigenvalue weighted by atomic mass is 9.91. The molecule has 116 valence electrons. The van der Waals surface area contributed by atoms with E-state index in [-0.39, 0.29) is 5.91 Å². The van der Waals surface area contributed by atoms with Crippen LogP contribution >= 0.6 is 0 Å². The normalized spacial score (nSPS) is 17.4. The summed E-state index contributed by atoms with van der Waals surface area (Å²) in [4.78, 5) is 12.5. The first-order valence-electron chi connectivity index (χ1n) is 7.86. The molecule has 0 saturated carbocycles. The van der Waals surface area contributed by atoms with Crippen molar-refractivity contribution in [1.82, 2.24) is 5.32 Å². The third kappa shape index (κ3) is 4.05. The highest BCUT2D eigenvalue weighted by Crippen LogP contribution is 2.24. The quantitative estimate of drug-likeness (QED) is 0.847. The first-order valence-corrected chi connectivity index (χ1v) is 7.86. The van der Waals surface area contributed by atoms with Gasteiger partial charge in [0.2, 0.25) is 0 Å². The number of rotatable bonds is 6. The van der Waals surface area contributed by atoms with E-state index in [0.717, 1.165) is 25.2 Å². The molecule has 0 aliphatic carbocycles. The van der Waals surface area contributed by atoms with Crippen molar-refractivity contribution in [2.24, 2.45) is 0 Å². The molecule has 1 fully saturated rings. The van der Waals surface area contributed by atoms with Crippen LogP contribution in [0.15, 0.2) is 24.3 Å². The van der Waals surface area contributed by atoms with Crippen LogP contribution in [0, 0.1) is 0 Å². The van der Waals surface area contributed by atoms with Crippen molar-refractivity contribution in [2.45, 2.75) is 44.6 Å². The molecule has 1 aliphatic heterocycles. The van der Waals surface area contributed by atoms with E-state index in [2.05, 4.69) is 29.7 Å². The van der Waals surface area contributed by atoms with Crippen molar-refractivity contribution in [3.63, 3.8) is 0 Å². The van der Waals surface area contributed by atoms with Crippen molar-refractivity contribution >= 4 is 11.6 Å². The van der Waals surface area contributed by atoms with Gasteiger partial charge >= 0.3 is 0 Å². The van der Waals surface area contributed by atoms with Gasteiger partial charge < -0.3 is 15.4 Å². The van der Waals surface area contributed by atoms with Gasteiger partial charge in [0.15, 0.2) is 0 Å². The number of aryl methyl sites for hydroxylation is 1. The smallest absolute Gasteiger partial charge is 0.256 e. The minimum absolute atomic E-state index is 0.0344. The number of anilines is 1. The summed E-state index contributed by atoms with van der Waals surface area (Å²) in [5.41, 5.74) is 1.47. The highest BCUT2D eigenvalue weighted by molar-refractivity contribution is 5.97. The van der Waals surface area contributed by atoms with Crippen LogP contribution in [-0.2, 0) is 16.0 Å². The van der Waals surface area contributed by atoms with Crippen LogP contribution in [0.4, 0.5) is 5.69 Å². The van der Waals surface area contributed by atoms with E-state index in [9.17, 15) is 4.79 Å². The zero-order valence-corrected chi connectivity index (χ0v) is 13.1. The van der Waals surface area contributed by atoms with Gasteiger partial charge in [-0.05, 0) is 56.5 Å². The third-order valence-electron chi connectivity index (χ3n) is 4.25. The number of nitrogens with one attached hydrogen (secondary N) is 2. The van der Waals surface area contributed by atoms with E-state index in [1.807, 2.05) is 12.1 Å². The minimum Gasteiger partial charge on any atom is -0.368 e. The molecule has 1 saturated heterocycles. The molecule has 2 N–H and O–H groups in total. The molecule has 0 radical (unpaired) electrons. The summed E-state index contributed by atoms with van der Waals surface area (Å²) in [6.45, 7) is 3.83. The number of piperidine rings is 1. The Morgan fingerprint density at radius 3 is 2.52 bits per heavy atom. The summed E-state index contributed by atoms with van der Waals surface area (Å²) < 4.78 is 5.54. The highest BCUT2D eigenvalue weighted by atomic mass is 16.5. The van der Waals surface area contributed by atoms with E-state index in [1.165, 1.54) is 18.4 Å². The molecule has 1 aromatic rings. The number of hydrogen-bond donors (Lipinski definition) is 2. The molecule has 1 heterocycles. The number of benzene rings is 1. The first-order chi connectivity index (χ1) is 10.2. The van der Waals surface area contributed by atoms with Gasteiger partial charge in [-0.2, -0.15) is 0 Å². The Bertz CT molecular complexity index is 450. The maximum absolute atomic E-state index is 12.5. The zero-order valence-electron chi connectivity index (χ0n) is 13.1. The molecule has 1 amide bonds. The molecule has 0 spiro atoms. The molecular weight excluding hydrogens is 264 g/mol. The van der Waals surface area contributed by atoms with Gasteiger partial charge in [0, 0.05) is 12.8 Å². The fourth-order valence-corrected chi connectivity index (χ4v) is 2.74. The Morgan fingerprint density at radius 1 is 1.29 bits per heavy atom. The van der Waals surface area contributed by atoms with Crippen molar-refractivity contribution in [3.8, 4) is 0 Å². The number of amides is 1. The Morgan fingerprint density at radius 2 is 1.95 bits per heavy atom. The van der Waals surface area contributed by atoms with Crippen LogP contribution in [-0.4, -0.2) is 31.7 Å². The Balaban J connectivity index is 1.98. The van der Waals surface area contributed by atoms with Gasteiger partial charge in [-0.3, -0.25) is 4.79 Å². The predicted molar refractivity (Wildman–Crippen MR) is 85.5 cm³/mol. The van der Waals surface area contributed by atoms with Crippen LogP contribution in [0.2, 0.25) is 0 Å². The van der Waals surface area contributed by atoms with E-state index in [4.69, 9.17) is 4.74 Å². The molecule has 2 rings (SSSR count). The lowest BCUT2D eigenvalue weighted by Crippen LogP contribution is -2.51. The summed E-state index contributed by atoms with van der Waals surface area (Å²) >= 11 is 0. The standard InChI is InChI=1S/C17H26N2O2/c1-3-4-5-14-6-8-15(9-7-14)19-16(20)17(21-2)10-12-18-13-11-17/h6-9,18H,3-5,10-13H2,1-2H3,(H,19,20). The topological polar surface area (TPSA) is 50.4 Å². The molecule has 0 atom stereocenters. The molecule has 0 aromatic heterocycles. The largest absolute Gasteiger partial charge is 0.368 e. The number of carbonyl (C=O) groups excluding carboxylic acids is 1. The summed E-state index contributed by atoms with van der Waals surface area (Å²) in [6.07, 6.45) is 4.92. The van der Waals surface area contributed by atoms with Gasteiger partial charge in [-0.25, -0.2) is 0 Å². The lowest BCUT2D eigenvalue weighted by molar-refractivity contribution is -0.140. The lowest BCUT2D eigenvalue weighted by Gasteiger charge is -2.34. The number of methoxy groups -OCH3 is 1. The van der Waals surface area contributed by atoms with Crippen molar-refractivity contribution in [3.05, 3.63) is 29.8 Å². The molecule has 21 heavy (non-hydrogen) atoms. The average molecular weight is 290 g/mol. The zero-order chi connectivity index (χ0) is 15.1. The fraction of sp³-hybridized carbons (Fsp3) is 0.588. The van der Waals surface area contributed by atoms with Gasteiger partial charge in [0.25, 0.3) is 5.91 Å². The Labute approximate surface area is 127 Å². The van der Waals surface area contributed by atoms with E-state index < -0.39 is 5.60 Å². The minimum atomic E-state index is -0.688. The maximum Gasteiger partial charge on any atom is 0.256 e. The molecule has 0 unspecified atom stereocenters. The number of unbranched alkanes of at least 4 members (excludes halogenated alkanes) is 1. The van der Waals surface area contributed by atoms with Gasteiger partial charge in [0.05, 0.1) is 0 Å². The van der Waals surface area contributed by atoms with Gasteiger partial charge in [-0.1, -0.05) is 25.5 Å². The van der Waals surface area contributed by atoms with Crippen LogP contribution in [0.5, 0.6) is 0 Å². The van der Waals surface area contributed by atoms with E-state index in [0.29, 0.717) is 12.8 Å². The van der Waals surface area contributed by atoms with E-state index >= 15 is 0 Å². The Kier molecular flexibility index (Phi) is 5.76. The second-order valence-corrected chi connectivity index (χ2v) is 5.70. The highest BCUT2D eigenvalue weighted by Gasteiger charge is 2.39. The number of carbonyl (C=O) groups is 1. The monoisotopic (exact) mass is 290 g/mol. The number of hydrogen-bond acceptors (Lipinski definition) is 3. The second kappa shape index (κ2) is 7.57.